The second kappa shape index (κ2) is 63.6. The zero-order valence-corrected chi connectivity index (χ0v) is 85.8. The summed E-state index contributed by atoms with van der Waals surface area (Å²) in [5.41, 5.74) is 56.3. The van der Waals surface area contributed by atoms with Gasteiger partial charge < -0.3 is 188 Å². The Morgan fingerprint density at radius 2 is 0.467 bits per heavy atom. The van der Waals surface area contributed by atoms with Crippen LogP contribution in [-0.4, -0.2) is 378 Å². The van der Waals surface area contributed by atoms with E-state index in [0.29, 0.717) is 19.3 Å². The molecule has 48 N–H and O–H groups in total. The first-order valence-corrected chi connectivity index (χ1v) is 51.5. The maximum atomic E-state index is 15.4. The Balaban J connectivity index is 1.22. The number of amides is 15. The molecule has 0 spiro atoms. The van der Waals surface area contributed by atoms with Crippen molar-refractivity contribution in [3.63, 3.8) is 0 Å². The molecule has 0 aromatic rings. The molecule has 60 heteroatoms. The lowest BCUT2D eigenvalue weighted by Crippen LogP contribution is -2.61. The van der Waals surface area contributed by atoms with E-state index in [-0.39, 0.29) is 308 Å². The molecule has 150 heavy (non-hydrogen) atoms. The van der Waals surface area contributed by atoms with Gasteiger partial charge in [0.25, 0.3) is 0 Å². The van der Waals surface area contributed by atoms with Gasteiger partial charge in [-0.15, -0.1) is 0 Å². The first-order chi connectivity index (χ1) is 71.2. The number of nitrogens with one attached hydrogen (secondary N) is 27. The van der Waals surface area contributed by atoms with Gasteiger partial charge in [-0.05, 0) is 199 Å². The van der Waals surface area contributed by atoms with E-state index in [9.17, 15) is 38.7 Å². The summed E-state index contributed by atoms with van der Waals surface area (Å²) in [7, 11) is 0. The smallest absolute Gasteiger partial charge is 0.326 e. The monoisotopic (exact) mass is 2120 g/mol. The highest BCUT2D eigenvalue weighted by atomic mass is 16.4. The van der Waals surface area contributed by atoms with Crippen molar-refractivity contribution in [3.8, 4) is 0 Å². The van der Waals surface area contributed by atoms with Gasteiger partial charge in [0.05, 0.1) is 6.04 Å². The second-order valence-corrected chi connectivity index (χ2v) is 38.3. The standard InChI is InChI=1S/C90H163N43O17/c1-3-49(2)65(127-68(136)52(21-6-36-112-84(96)97)119-66(134)50(91)19-4-34-110-82(92)93)74(142)125-57(26-11-41-117-89(106)107)78(146)130-45-15-30-61(130)72(140)124-56(25-10-40-116-88(104)105)79(147)133-48-18-33-64(133)80(148)132-47-17-32-63(132)69(137)120-51(20-5-35-111-83(94)95)67(135)121-53(22-7-37-113-85(98)99)75(143)128-43-13-28-59(128)70(138)122-54(23-8-38-114-86(100)101)76(144)129-44-14-29-60(129)71(139)123-55(24-9-39-115-87(102)103)77(145)131-46-16-31-62(131)73(141)126-58(81(149)150)27-12-42-118-90(108)109/h49-65H,3-48,91H2,1-2H3,(H,119,134)(H,120,137)(H,121,135)(H,122,138)(H,123,139)(H,124,140)(H,125,142)(H,126,141)(H,127,136)(H,149,150)(H4,92,93,110)(H4,94,95,111)(H4,96,97,112)(H4,98,99,113)(H4,100,101,114)(H4,102,103,115)(H4,104,105,116)(H4,106,107,117)(H4,108,109,118)/t49-,50-,51-,52-,53-,54-,55-,56-,57-,58-,59-,60-,61-,62-,63-,64-,65-/m0/s1. The molecule has 6 heterocycles. The van der Waals surface area contributed by atoms with E-state index in [0.717, 1.165) is 0 Å². The van der Waals surface area contributed by atoms with E-state index >= 15 is 43.2 Å². The van der Waals surface area contributed by atoms with Crippen molar-refractivity contribution >= 4 is 148 Å². The number of carboxylic acid groups (broad SMARTS) is 1. The minimum Gasteiger partial charge on any atom is -0.480 e. The van der Waals surface area contributed by atoms with Crippen LogP contribution in [0.3, 0.4) is 0 Å². The average molecular weight is 2120 g/mol. The maximum Gasteiger partial charge on any atom is 0.326 e. The number of hydrogen-bond acceptors (Lipinski definition) is 26. The number of aliphatic carboxylic acids is 1. The molecule has 0 aromatic heterocycles. The zero-order valence-electron chi connectivity index (χ0n) is 85.8. The second-order valence-electron chi connectivity index (χ2n) is 38.3. The molecule has 6 rings (SSSR count). The van der Waals surface area contributed by atoms with Gasteiger partial charge in [0, 0.05) is 98.2 Å². The lowest BCUT2D eigenvalue weighted by atomic mass is 9.96. The Morgan fingerprint density at radius 1 is 0.267 bits per heavy atom. The molecule has 60 nitrogen and oxygen atoms in total. The molecule has 0 radical (unpaired) electrons. The molecular formula is C90H163N43O17. The molecule has 0 aromatic carbocycles. The Morgan fingerprint density at radius 3 is 0.740 bits per heavy atom. The predicted molar refractivity (Wildman–Crippen MR) is 553 cm³/mol. The quantitative estimate of drug-likeness (QED) is 0.0153. The number of likely N-dealkylation sites (tertiary alicyclic amines) is 6. The van der Waals surface area contributed by atoms with Crippen LogP contribution in [0.5, 0.6) is 0 Å². The Labute approximate surface area is 871 Å². The number of carbonyl (C=O) groups excluding carboxylic acids is 15. The van der Waals surface area contributed by atoms with Gasteiger partial charge in [-0.2, -0.15) is 0 Å². The summed E-state index contributed by atoms with van der Waals surface area (Å²) in [6.45, 7) is 4.23. The first kappa shape index (κ1) is 124. The van der Waals surface area contributed by atoms with Crippen LogP contribution in [0.1, 0.15) is 213 Å². The third-order valence-corrected chi connectivity index (χ3v) is 27.0. The summed E-state index contributed by atoms with van der Waals surface area (Å²) in [4.78, 5) is 243. The summed E-state index contributed by atoms with van der Waals surface area (Å²) in [5.74, 6) is -16.6. The molecule has 0 unspecified atom stereocenters. The van der Waals surface area contributed by atoms with Crippen LogP contribution in [0.15, 0.2) is 0 Å². The SMILES string of the molecule is CC[C@H](C)[C@H](NC(=O)[C@H](CCCNC(=N)N)NC(=O)[C@@H](N)CCCNC(=N)N)C(=O)N[C@@H](CCCNC(=N)N)C(=O)N1CCC[C@H]1C(=O)N[C@@H](CCCNC(=N)N)C(=O)N1CCC[C@H]1C(=O)N1CCC[C@H]1C(=O)N[C@@H](CCCNC(=N)N)C(=O)N[C@@H](CCCNC(=N)N)C(=O)N1CCC[C@H]1C(=O)N[C@@H](CCCNC(=N)N)C(=O)N1CCC[C@H]1C(=O)N[C@@H](CCCNC(=N)N)C(=O)N1CCC[C@H]1C(=O)N[C@@H](CCCNC(=N)N)C(=O)O. The topological polar surface area (TPSA) is 1000 Å². The number of carboxylic acids is 1. The van der Waals surface area contributed by atoms with E-state index in [4.69, 9.17) is 106 Å². The molecule has 0 bridgehead atoms. The molecule has 6 aliphatic heterocycles. The minimum atomic E-state index is -1.49. The van der Waals surface area contributed by atoms with Crippen molar-refractivity contribution in [1.29, 1.82) is 48.7 Å². The molecular weight excluding hydrogens is 1960 g/mol. The van der Waals surface area contributed by atoms with E-state index < -0.39 is 221 Å². The summed E-state index contributed by atoms with van der Waals surface area (Å²) in [6.07, 6.45) is 3.29. The van der Waals surface area contributed by atoms with Crippen molar-refractivity contribution < 1.29 is 81.8 Å². The fraction of sp³-hybridized carbons (Fsp3) is 0.722. The van der Waals surface area contributed by atoms with Gasteiger partial charge in [-0.1, -0.05) is 20.3 Å². The number of guanidine groups is 9. The summed E-state index contributed by atoms with van der Waals surface area (Å²) in [6, 6.07) is -21.0. The number of carbonyl (C=O) groups is 16. The van der Waals surface area contributed by atoms with Gasteiger partial charge in [0.15, 0.2) is 53.6 Å². The van der Waals surface area contributed by atoms with Crippen molar-refractivity contribution in [2.45, 2.75) is 310 Å². The predicted octanol–water partition coefficient (Wildman–Crippen LogP) is -10.9. The van der Waals surface area contributed by atoms with Gasteiger partial charge in [-0.25, -0.2) is 4.79 Å². The highest BCUT2D eigenvalue weighted by molar-refractivity contribution is 6.02. The molecule has 6 saturated heterocycles. The van der Waals surface area contributed by atoms with Gasteiger partial charge in [0.2, 0.25) is 88.6 Å². The minimum absolute atomic E-state index is 0.00155. The molecule has 0 aliphatic carbocycles. The van der Waals surface area contributed by atoms with Gasteiger partial charge in [0.1, 0.15) is 90.6 Å². The van der Waals surface area contributed by atoms with Crippen molar-refractivity contribution in [2.24, 2.45) is 63.3 Å². The highest BCUT2D eigenvalue weighted by Crippen LogP contribution is 2.31. The molecule has 15 amide bonds. The van der Waals surface area contributed by atoms with Crippen LogP contribution in [0, 0.1) is 54.6 Å². The van der Waals surface area contributed by atoms with E-state index in [1.165, 1.54) is 29.4 Å². The Hall–Kier alpha value is -15.1. The van der Waals surface area contributed by atoms with Crippen LogP contribution in [0.4, 0.5) is 0 Å². The van der Waals surface area contributed by atoms with Crippen molar-refractivity contribution in [2.75, 3.05) is 98.2 Å². The first-order valence-electron chi connectivity index (χ1n) is 51.5. The Bertz CT molecular complexity index is 4710. The summed E-state index contributed by atoms with van der Waals surface area (Å²) < 4.78 is 0. The average Bonchev–Trinajstić information content (AvgIpc) is 1.61. The van der Waals surface area contributed by atoms with E-state index in [1.807, 2.05) is 0 Å². The number of rotatable bonds is 63. The van der Waals surface area contributed by atoms with Gasteiger partial charge >= 0.3 is 5.97 Å². The molecule has 0 saturated carbocycles. The summed E-state index contributed by atoms with van der Waals surface area (Å²) in [5, 5.41) is 128. The largest absolute Gasteiger partial charge is 0.480 e. The lowest BCUT2D eigenvalue weighted by molar-refractivity contribution is -0.148. The fourth-order valence-electron chi connectivity index (χ4n) is 19.1. The third-order valence-electron chi connectivity index (χ3n) is 27.0. The lowest BCUT2D eigenvalue weighted by Gasteiger charge is -2.34. The van der Waals surface area contributed by atoms with Crippen LogP contribution < -0.4 is 153 Å². The molecule has 6 aliphatic rings. The van der Waals surface area contributed by atoms with Crippen LogP contribution in [0.25, 0.3) is 0 Å². The number of hydrogen-bond donors (Lipinski definition) is 38. The molecule has 17 atom stereocenters. The Kier molecular flexibility index (Phi) is 52.4. The van der Waals surface area contributed by atoms with E-state index in [1.54, 1.807) is 13.8 Å². The van der Waals surface area contributed by atoms with Crippen molar-refractivity contribution in [3.05, 3.63) is 0 Å². The fourth-order valence-corrected chi connectivity index (χ4v) is 19.1. The number of nitrogens with two attached hydrogens (primary N) is 10. The van der Waals surface area contributed by atoms with Crippen LogP contribution in [0.2, 0.25) is 0 Å². The van der Waals surface area contributed by atoms with Gasteiger partial charge in [-0.3, -0.25) is 121 Å². The summed E-state index contributed by atoms with van der Waals surface area (Å²) >= 11 is 0. The highest BCUT2D eigenvalue weighted by Gasteiger charge is 2.49. The molecule has 6 fully saturated rings. The normalized spacial score (nSPS) is 19.3. The third kappa shape index (κ3) is 40.9. The maximum absolute atomic E-state index is 15.4. The van der Waals surface area contributed by atoms with Crippen LogP contribution >= 0.6 is 0 Å². The van der Waals surface area contributed by atoms with Crippen LogP contribution in [-0.2, 0) is 76.7 Å². The van der Waals surface area contributed by atoms with Crippen molar-refractivity contribution in [1.82, 2.24) is 125 Å². The van der Waals surface area contributed by atoms with E-state index in [2.05, 4.69) is 95.7 Å². The molecule has 840 valence electrons. The zero-order chi connectivity index (χ0) is 111. The number of nitrogens with zero attached hydrogens (tertiary/aromatic N) is 6.